The van der Waals surface area contributed by atoms with Crippen LogP contribution in [0.2, 0.25) is 0 Å². The van der Waals surface area contributed by atoms with E-state index >= 15 is 0 Å². The van der Waals surface area contributed by atoms with E-state index in [1.165, 1.54) is 6.07 Å². The number of aryl methyl sites for hydroxylation is 1. The zero-order valence-corrected chi connectivity index (χ0v) is 11.1. The number of aliphatic carboxylic acids is 1. The molecule has 1 aromatic carbocycles. The topological polar surface area (TPSA) is 40.5 Å². The van der Waals surface area contributed by atoms with E-state index in [9.17, 15) is 14.3 Å². The van der Waals surface area contributed by atoms with Gasteiger partial charge in [0, 0.05) is 6.54 Å². The number of rotatable bonds is 6. The number of hydrogen-bond donors (Lipinski definition) is 1. The molecule has 1 unspecified atom stereocenters. The summed E-state index contributed by atoms with van der Waals surface area (Å²) in [6.45, 7) is 7.71. The smallest absolute Gasteiger partial charge is 0.312 e. The quantitative estimate of drug-likeness (QED) is 0.847. The van der Waals surface area contributed by atoms with Crippen LogP contribution in [0.3, 0.4) is 0 Å². The lowest BCUT2D eigenvalue weighted by molar-refractivity contribution is -0.139. The summed E-state index contributed by atoms with van der Waals surface area (Å²) < 4.78 is 13.2. The molecule has 0 amide bonds. The Bertz CT molecular complexity index is 416. The van der Waals surface area contributed by atoms with Gasteiger partial charge in [0.15, 0.2) is 0 Å². The molecule has 0 aliphatic heterocycles. The molecule has 100 valence electrons. The van der Waals surface area contributed by atoms with E-state index in [2.05, 4.69) is 4.90 Å². The molecule has 0 saturated heterocycles. The van der Waals surface area contributed by atoms with E-state index in [1.807, 2.05) is 13.8 Å². The zero-order chi connectivity index (χ0) is 13.7. The van der Waals surface area contributed by atoms with Crippen molar-refractivity contribution in [3.63, 3.8) is 0 Å². The average molecular weight is 253 g/mol. The van der Waals surface area contributed by atoms with Gasteiger partial charge in [-0.05, 0) is 37.2 Å². The van der Waals surface area contributed by atoms with Crippen molar-refractivity contribution in [2.45, 2.75) is 26.7 Å². The molecular formula is C14H20FNO2. The number of likely N-dealkylation sites (N-methyl/N-ethyl adjacent to an activating group) is 1. The Labute approximate surface area is 107 Å². The molecule has 0 spiro atoms. The van der Waals surface area contributed by atoms with Gasteiger partial charge in [0.25, 0.3) is 0 Å². The van der Waals surface area contributed by atoms with Crippen LogP contribution in [0.15, 0.2) is 18.2 Å². The highest BCUT2D eigenvalue weighted by molar-refractivity contribution is 5.76. The van der Waals surface area contributed by atoms with E-state index in [-0.39, 0.29) is 5.82 Å². The minimum atomic E-state index is -0.868. The van der Waals surface area contributed by atoms with Gasteiger partial charge < -0.3 is 10.0 Å². The van der Waals surface area contributed by atoms with E-state index < -0.39 is 11.9 Å². The predicted octanol–water partition coefficient (Wildman–Crippen LogP) is 2.64. The first-order chi connectivity index (χ1) is 8.49. The minimum absolute atomic E-state index is 0.300. The summed E-state index contributed by atoms with van der Waals surface area (Å²) in [6, 6.07) is 4.52. The average Bonchev–Trinajstić information content (AvgIpc) is 2.34. The first-order valence-electron chi connectivity index (χ1n) is 6.20. The Morgan fingerprint density at radius 2 is 2.00 bits per heavy atom. The predicted molar refractivity (Wildman–Crippen MR) is 69.3 cm³/mol. The van der Waals surface area contributed by atoms with E-state index in [0.29, 0.717) is 17.7 Å². The van der Waals surface area contributed by atoms with E-state index in [1.54, 1.807) is 19.1 Å². The highest BCUT2D eigenvalue weighted by atomic mass is 19.1. The maximum Gasteiger partial charge on any atom is 0.312 e. The summed E-state index contributed by atoms with van der Waals surface area (Å²) >= 11 is 0. The maximum absolute atomic E-state index is 13.2. The molecule has 4 heteroatoms. The Morgan fingerprint density at radius 1 is 1.39 bits per heavy atom. The molecule has 3 nitrogen and oxygen atoms in total. The fourth-order valence-corrected chi connectivity index (χ4v) is 1.95. The monoisotopic (exact) mass is 253 g/mol. The molecule has 0 aliphatic rings. The molecule has 0 radical (unpaired) electrons. The molecule has 1 N–H and O–H groups in total. The van der Waals surface area contributed by atoms with E-state index in [4.69, 9.17) is 0 Å². The molecule has 1 atom stereocenters. The summed E-state index contributed by atoms with van der Waals surface area (Å²) in [6.07, 6.45) is 0. The zero-order valence-electron chi connectivity index (χ0n) is 11.1. The molecule has 1 rings (SSSR count). The van der Waals surface area contributed by atoms with Crippen molar-refractivity contribution in [2.75, 3.05) is 19.6 Å². The third-order valence-corrected chi connectivity index (χ3v) is 3.22. The van der Waals surface area contributed by atoms with Gasteiger partial charge in [0.1, 0.15) is 5.82 Å². The fourth-order valence-electron chi connectivity index (χ4n) is 1.95. The number of nitrogens with zero attached hydrogens (tertiary/aromatic N) is 1. The van der Waals surface area contributed by atoms with Gasteiger partial charge in [-0.2, -0.15) is 0 Å². The largest absolute Gasteiger partial charge is 0.481 e. The summed E-state index contributed by atoms with van der Waals surface area (Å²) in [4.78, 5) is 13.4. The van der Waals surface area contributed by atoms with Crippen LogP contribution in [0.1, 0.15) is 30.9 Å². The van der Waals surface area contributed by atoms with Crippen LogP contribution >= 0.6 is 0 Å². The van der Waals surface area contributed by atoms with Crippen LogP contribution in [0, 0.1) is 12.7 Å². The summed E-state index contributed by atoms with van der Waals surface area (Å²) in [5.41, 5.74) is 1.14. The van der Waals surface area contributed by atoms with Crippen molar-refractivity contribution >= 4 is 5.97 Å². The molecule has 0 aromatic heterocycles. The molecule has 0 aliphatic carbocycles. The first kappa shape index (κ1) is 14.6. The Morgan fingerprint density at radius 3 is 2.44 bits per heavy atom. The van der Waals surface area contributed by atoms with Crippen molar-refractivity contribution < 1.29 is 14.3 Å². The first-order valence-corrected chi connectivity index (χ1v) is 6.20. The highest BCUT2D eigenvalue weighted by Gasteiger charge is 2.22. The van der Waals surface area contributed by atoms with Crippen LogP contribution < -0.4 is 0 Å². The summed E-state index contributed by atoms with van der Waals surface area (Å²) in [5.74, 6) is -1.78. The standard InChI is InChI=1S/C14H20FNO2/c1-4-16(5-2)9-12(14(17)18)11-6-7-13(15)10(3)8-11/h6-8,12H,4-5,9H2,1-3H3,(H,17,18). The van der Waals surface area contributed by atoms with Gasteiger partial charge in [-0.25, -0.2) is 4.39 Å². The fraction of sp³-hybridized carbons (Fsp3) is 0.500. The molecule has 0 bridgehead atoms. The second-order valence-electron chi connectivity index (χ2n) is 4.39. The SMILES string of the molecule is CCN(CC)CC(C(=O)O)c1ccc(F)c(C)c1. The van der Waals surface area contributed by atoms with Crippen molar-refractivity contribution in [2.24, 2.45) is 0 Å². The lowest BCUT2D eigenvalue weighted by Crippen LogP contribution is -2.31. The Hall–Kier alpha value is -1.42. The Kier molecular flexibility index (Phi) is 5.28. The molecule has 0 fully saturated rings. The molecule has 0 heterocycles. The maximum atomic E-state index is 13.2. The van der Waals surface area contributed by atoms with Crippen molar-refractivity contribution in [1.82, 2.24) is 4.90 Å². The van der Waals surface area contributed by atoms with Gasteiger partial charge in [-0.15, -0.1) is 0 Å². The number of carboxylic acids is 1. The third kappa shape index (κ3) is 3.53. The normalized spacial score (nSPS) is 12.7. The number of carboxylic acid groups (broad SMARTS) is 1. The van der Waals surface area contributed by atoms with Crippen molar-refractivity contribution in [3.05, 3.63) is 35.1 Å². The molecule has 18 heavy (non-hydrogen) atoms. The lowest BCUT2D eigenvalue weighted by atomic mass is 9.96. The van der Waals surface area contributed by atoms with Crippen LogP contribution in [-0.4, -0.2) is 35.6 Å². The van der Waals surface area contributed by atoms with E-state index in [0.717, 1.165) is 13.1 Å². The minimum Gasteiger partial charge on any atom is -0.481 e. The van der Waals surface area contributed by atoms with Crippen LogP contribution in [-0.2, 0) is 4.79 Å². The van der Waals surface area contributed by atoms with Gasteiger partial charge in [0.2, 0.25) is 0 Å². The van der Waals surface area contributed by atoms with Crippen LogP contribution in [0.25, 0.3) is 0 Å². The van der Waals surface area contributed by atoms with Gasteiger partial charge in [0.05, 0.1) is 5.92 Å². The van der Waals surface area contributed by atoms with Gasteiger partial charge >= 0.3 is 5.97 Å². The molecule has 0 saturated carbocycles. The van der Waals surface area contributed by atoms with Crippen molar-refractivity contribution in [3.8, 4) is 0 Å². The lowest BCUT2D eigenvalue weighted by Gasteiger charge is -2.23. The number of benzene rings is 1. The number of carbonyl (C=O) groups is 1. The van der Waals surface area contributed by atoms with Crippen LogP contribution in [0.4, 0.5) is 4.39 Å². The van der Waals surface area contributed by atoms with Crippen molar-refractivity contribution in [1.29, 1.82) is 0 Å². The summed E-state index contributed by atoms with van der Waals surface area (Å²) in [5, 5.41) is 9.31. The summed E-state index contributed by atoms with van der Waals surface area (Å²) in [7, 11) is 0. The molecule has 1 aromatic rings. The third-order valence-electron chi connectivity index (χ3n) is 3.22. The number of halogens is 1. The van der Waals surface area contributed by atoms with Crippen LogP contribution in [0.5, 0.6) is 0 Å². The second-order valence-corrected chi connectivity index (χ2v) is 4.39. The van der Waals surface area contributed by atoms with Gasteiger partial charge in [-0.3, -0.25) is 4.79 Å². The van der Waals surface area contributed by atoms with Gasteiger partial charge in [-0.1, -0.05) is 26.0 Å². The Balaban J connectivity index is 2.97. The highest BCUT2D eigenvalue weighted by Crippen LogP contribution is 2.20. The second kappa shape index (κ2) is 6.50. The molecular weight excluding hydrogens is 233 g/mol. The number of hydrogen-bond acceptors (Lipinski definition) is 2.